The SMILES string of the molecule is CCCCC(C)(CCCCC(C)(C)C)C(=O)OO. The first-order valence-corrected chi connectivity index (χ1v) is 7.11. The minimum Gasteiger partial charge on any atom is -0.300 e. The number of hydrogen-bond donors (Lipinski definition) is 1. The third kappa shape index (κ3) is 7.00. The van der Waals surface area contributed by atoms with E-state index in [-0.39, 0.29) is 0 Å². The molecule has 0 aliphatic carbocycles. The molecule has 0 saturated carbocycles. The Labute approximate surface area is 112 Å². The number of carbonyl (C=O) groups excluding carboxylic acids is 1. The Morgan fingerprint density at radius 1 is 1.00 bits per heavy atom. The quantitative estimate of drug-likeness (QED) is 0.386. The fraction of sp³-hybridized carbons (Fsp3) is 0.933. The topological polar surface area (TPSA) is 46.5 Å². The fourth-order valence-corrected chi connectivity index (χ4v) is 2.18. The maximum atomic E-state index is 11.7. The summed E-state index contributed by atoms with van der Waals surface area (Å²) in [6.45, 7) is 10.7. The average Bonchev–Trinajstić information content (AvgIpc) is 2.30. The van der Waals surface area contributed by atoms with Gasteiger partial charge in [-0.15, -0.1) is 0 Å². The van der Waals surface area contributed by atoms with Crippen molar-refractivity contribution in [2.24, 2.45) is 10.8 Å². The zero-order chi connectivity index (χ0) is 14.2. The summed E-state index contributed by atoms with van der Waals surface area (Å²) >= 11 is 0. The van der Waals surface area contributed by atoms with Crippen molar-refractivity contribution in [1.82, 2.24) is 0 Å². The number of rotatable bonds is 8. The van der Waals surface area contributed by atoms with Gasteiger partial charge in [0.15, 0.2) is 0 Å². The van der Waals surface area contributed by atoms with Gasteiger partial charge in [-0.2, -0.15) is 5.26 Å². The first-order chi connectivity index (χ1) is 8.25. The molecule has 1 atom stereocenters. The van der Waals surface area contributed by atoms with Crippen LogP contribution in [0.4, 0.5) is 0 Å². The molecule has 0 heterocycles. The van der Waals surface area contributed by atoms with E-state index in [2.05, 4.69) is 32.6 Å². The van der Waals surface area contributed by atoms with E-state index >= 15 is 0 Å². The van der Waals surface area contributed by atoms with Crippen molar-refractivity contribution < 1.29 is 14.9 Å². The number of carbonyl (C=O) groups is 1. The highest BCUT2D eigenvalue weighted by molar-refractivity contribution is 5.75. The van der Waals surface area contributed by atoms with Gasteiger partial charge in [-0.25, -0.2) is 4.79 Å². The van der Waals surface area contributed by atoms with Gasteiger partial charge in [-0.3, -0.25) is 0 Å². The molecular weight excluding hydrogens is 228 g/mol. The first-order valence-electron chi connectivity index (χ1n) is 7.11. The molecule has 0 aromatic rings. The lowest BCUT2D eigenvalue weighted by molar-refractivity contribution is -0.245. The normalized spacial score (nSPS) is 15.2. The molecule has 108 valence electrons. The van der Waals surface area contributed by atoms with Crippen molar-refractivity contribution in [3.8, 4) is 0 Å². The summed E-state index contributed by atoms with van der Waals surface area (Å²) in [5.41, 5.74) is -0.181. The van der Waals surface area contributed by atoms with Crippen LogP contribution in [0.15, 0.2) is 0 Å². The van der Waals surface area contributed by atoms with E-state index in [0.717, 1.165) is 44.9 Å². The molecule has 0 aromatic carbocycles. The van der Waals surface area contributed by atoms with E-state index < -0.39 is 11.4 Å². The van der Waals surface area contributed by atoms with Crippen LogP contribution in [0.5, 0.6) is 0 Å². The Bertz CT molecular complexity index is 243. The predicted molar refractivity (Wildman–Crippen MR) is 74.3 cm³/mol. The van der Waals surface area contributed by atoms with Crippen LogP contribution in [0.2, 0.25) is 0 Å². The van der Waals surface area contributed by atoms with E-state index in [1.54, 1.807) is 0 Å². The predicted octanol–water partition coefficient (Wildman–Crippen LogP) is 4.81. The summed E-state index contributed by atoms with van der Waals surface area (Å²) in [5, 5.41) is 8.61. The highest BCUT2D eigenvalue weighted by atomic mass is 17.1. The molecule has 0 rings (SSSR count). The van der Waals surface area contributed by atoms with Crippen LogP contribution >= 0.6 is 0 Å². The molecule has 1 N–H and O–H groups in total. The summed E-state index contributed by atoms with van der Waals surface area (Å²) < 4.78 is 0. The van der Waals surface area contributed by atoms with Crippen molar-refractivity contribution in [1.29, 1.82) is 0 Å². The second-order valence-corrected chi connectivity index (χ2v) is 6.81. The Kier molecular flexibility index (Phi) is 7.53. The van der Waals surface area contributed by atoms with Gasteiger partial charge in [0, 0.05) is 0 Å². The Morgan fingerprint density at radius 2 is 1.50 bits per heavy atom. The lowest BCUT2D eigenvalue weighted by Gasteiger charge is -2.26. The molecule has 18 heavy (non-hydrogen) atoms. The summed E-state index contributed by atoms with van der Waals surface area (Å²) in [6, 6.07) is 0. The molecule has 0 aliphatic rings. The van der Waals surface area contributed by atoms with Crippen LogP contribution in [-0.2, 0) is 9.68 Å². The van der Waals surface area contributed by atoms with Crippen LogP contribution in [0.3, 0.4) is 0 Å². The number of unbranched alkanes of at least 4 members (excludes halogenated alkanes) is 2. The van der Waals surface area contributed by atoms with E-state index in [1.165, 1.54) is 0 Å². The molecule has 0 aromatic heterocycles. The minimum atomic E-state index is -0.525. The molecule has 0 amide bonds. The molecule has 1 unspecified atom stereocenters. The van der Waals surface area contributed by atoms with Crippen molar-refractivity contribution >= 4 is 5.97 Å². The smallest absolute Gasteiger partial charge is 0.300 e. The van der Waals surface area contributed by atoms with Gasteiger partial charge >= 0.3 is 5.97 Å². The molecule has 0 fully saturated rings. The van der Waals surface area contributed by atoms with Gasteiger partial charge in [0.25, 0.3) is 0 Å². The number of hydrogen-bond acceptors (Lipinski definition) is 3. The second-order valence-electron chi connectivity index (χ2n) is 6.81. The Morgan fingerprint density at radius 3 is 1.94 bits per heavy atom. The lowest BCUT2D eigenvalue weighted by atomic mass is 9.79. The maximum absolute atomic E-state index is 11.7. The standard InChI is InChI=1S/C15H30O3/c1-6-7-11-15(5,13(16)18-17)12-9-8-10-14(2,3)4/h17H,6-12H2,1-5H3. The molecule has 0 bridgehead atoms. The molecule has 0 aliphatic heterocycles. The molecular formula is C15H30O3. The van der Waals surface area contributed by atoms with Gasteiger partial charge in [0.05, 0.1) is 5.41 Å². The molecule has 0 saturated heterocycles. The van der Waals surface area contributed by atoms with Crippen LogP contribution in [-0.4, -0.2) is 11.2 Å². The van der Waals surface area contributed by atoms with Gasteiger partial charge < -0.3 is 4.89 Å². The van der Waals surface area contributed by atoms with Crippen LogP contribution in [0, 0.1) is 10.8 Å². The van der Waals surface area contributed by atoms with Gasteiger partial charge in [0.1, 0.15) is 0 Å². The van der Waals surface area contributed by atoms with Crippen molar-refractivity contribution in [3.05, 3.63) is 0 Å². The van der Waals surface area contributed by atoms with E-state index in [4.69, 9.17) is 5.26 Å². The summed E-state index contributed by atoms with van der Waals surface area (Å²) in [5.74, 6) is -0.480. The molecule has 0 radical (unpaired) electrons. The fourth-order valence-electron chi connectivity index (χ4n) is 2.18. The summed E-state index contributed by atoms with van der Waals surface area (Å²) in [4.78, 5) is 15.6. The summed E-state index contributed by atoms with van der Waals surface area (Å²) in [6.07, 6.45) is 6.91. The molecule has 3 heteroatoms. The second kappa shape index (κ2) is 7.78. The molecule has 0 spiro atoms. The minimum absolute atomic E-state index is 0.345. The highest BCUT2D eigenvalue weighted by Gasteiger charge is 2.34. The average molecular weight is 258 g/mol. The van der Waals surface area contributed by atoms with E-state index in [0.29, 0.717) is 5.41 Å². The zero-order valence-electron chi connectivity index (χ0n) is 12.7. The third-order valence-corrected chi connectivity index (χ3v) is 3.56. The largest absolute Gasteiger partial charge is 0.347 e. The Hall–Kier alpha value is -0.570. The van der Waals surface area contributed by atoms with Gasteiger partial charge in [0.2, 0.25) is 0 Å². The van der Waals surface area contributed by atoms with Gasteiger partial charge in [-0.1, -0.05) is 53.4 Å². The van der Waals surface area contributed by atoms with Crippen molar-refractivity contribution in [2.45, 2.75) is 79.6 Å². The summed E-state index contributed by atoms with van der Waals surface area (Å²) in [7, 11) is 0. The van der Waals surface area contributed by atoms with Crippen LogP contribution < -0.4 is 0 Å². The van der Waals surface area contributed by atoms with E-state index in [9.17, 15) is 4.79 Å². The highest BCUT2D eigenvalue weighted by Crippen LogP contribution is 2.33. The van der Waals surface area contributed by atoms with Crippen LogP contribution in [0.25, 0.3) is 0 Å². The third-order valence-electron chi connectivity index (χ3n) is 3.56. The first kappa shape index (κ1) is 17.4. The zero-order valence-corrected chi connectivity index (χ0v) is 12.7. The van der Waals surface area contributed by atoms with Crippen molar-refractivity contribution in [2.75, 3.05) is 0 Å². The maximum Gasteiger partial charge on any atom is 0.347 e. The molecule has 3 nitrogen and oxygen atoms in total. The Balaban J connectivity index is 4.21. The van der Waals surface area contributed by atoms with E-state index in [1.807, 2.05) is 6.92 Å². The monoisotopic (exact) mass is 258 g/mol. The van der Waals surface area contributed by atoms with Crippen LogP contribution in [0.1, 0.15) is 79.6 Å². The lowest BCUT2D eigenvalue weighted by Crippen LogP contribution is -2.29. The van der Waals surface area contributed by atoms with Crippen molar-refractivity contribution in [3.63, 3.8) is 0 Å². The van der Waals surface area contributed by atoms with Gasteiger partial charge in [-0.05, 0) is 31.6 Å².